The van der Waals surface area contributed by atoms with E-state index in [1.165, 1.54) is 19.2 Å². The number of nitrogen functional groups attached to an aromatic ring is 1. The van der Waals surface area contributed by atoms with Gasteiger partial charge < -0.3 is 20.1 Å². The van der Waals surface area contributed by atoms with Gasteiger partial charge in [-0.15, -0.1) is 11.3 Å². The van der Waals surface area contributed by atoms with Gasteiger partial charge in [0.1, 0.15) is 41.0 Å². The van der Waals surface area contributed by atoms with E-state index in [2.05, 4.69) is 9.88 Å². The minimum absolute atomic E-state index is 0.0118. The molecule has 0 spiro atoms. The molecule has 0 radical (unpaired) electrons. The van der Waals surface area contributed by atoms with Crippen molar-refractivity contribution in [2.45, 2.75) is 50.2 Å². The Kier molecular flexibility index (Phi) is 8.30. The molecule has 0 saturated carbocycles. The van der Waals surface area contributed by atoms with E-state index >= 15 is 4.39 Å². The molecule has 0 aliphatic carbocycles. The highest BCUT2D eigenvalue weighted by atomic mass is 35.5. The molecule has 2 aromatic carbocycles. The third kappa shape index (κ3) is 5.40. The predicted octanol–water partition coefficient (Wildman–Crippen LogP) is 6.63. The van der Waals surface area contributed by atoms with Crippen molar-refractivity contribution >= 4 is 60.7 Å². The number of nitriles is 1. The van der Waals surface area contributed by atoms with Crippen LogP contribution in [0.15, 0.2) is 18.2 Å². The van der Waals surface area contributed by atoms with Crippen LogP contribution in [0.1, 0.15) is 44.1 Å². The van der Waals surface area contributed by atoms with Gasteiger partial charge in [-0.25, -0.2) is 13.2 Å². The molecule has 3 aliphatic heterocycles. The Morgan fingerprint density at radius 1 is 1.23 bits per heavy atom. The van der Waals surface area contributed by atoms with Crippen LogP contribution >= 0.6 is 22.9 Å². The summed E-state index contributed by atoms with van der Waals surface area (Å²) in [4.78, 5) is 25.7. The molecular weight excluding hydrogens is 653 g/mol. The number of aromatic nitrogens is 2. The van der Waals surface area contributed by atoms with E-state index < -0.39 is 23.3 Å². The van der Waals surface area contributed by atoms with Gasteiger partial charge in [0.25, 0.3) is 0 Å². The number of rotatable bonds is 6. The number of benzene rings is 2. The lowest BCUT2D eigenvalue weighted by molar-refractivity contribution is -0.145. The lowest BCUT2D eigenvalue weighted by Crippen LogP contribution is -2.43. The topological polar surface area (TPSA) is 118 Å². The maximum Gasteiger partial charge on any atom is 0.319 e. The first-order valence-corrected chi connectivity index (χ1v) is 16.8. The second-order valence-electron chi connectivity index (χ2n) is 12.5. The SMILES string of the molecule is COC(=O)[C@@H]1CCCN(c2nc(OC[C@@]34CCCN3C[C@H](F)C4)nc3c(F)c(-c4ccc(F)c5sc(N)c(C#N)c45)c(Cl)cc23)CC1. The summed E-state index contributed by atoms with van der Waals surface area (Å²) in [5, 5.41) is 10.5. The third-order valence-corrected chi connectivity index (χ3v) is 11.2. The van der Waals surface area contributed by atoms with Gasteiger partial charge in [-0.3, -0.25) is 9.69 Å². The number of nitrogens with two attached hydrogens (primary N) is 1. The molecule has 3 aliphatic rings. The Balaban J connectivity index is 1.37. The minimum atomic E-state index is -0.953. The molecule has 4 aromatic rings. The number of fused-ring (bicyclic) bond motifs is 3. The van der Waals surface area contributed by atoms with Crippen LogP contribution in [0.4, 0.5) is 24.0 Å². The van der Waals surface area contributed by atoms with Gasteiger partial charge in [-0.2, -0.15) is 15.2 Å². The number of carbonyl (C=O) groups excluding carboxylic acids is 1. The smallest absolute Gasteiger partial charge is 0.319 e. The number of carbonyl (C=O) groups is 1. The molecule has 9 nitrogen and oxygen atoms in total. The van der Waals surface area contributed by atoms with E-state index in [1.807, 2.05) is 11.0 Å². The lowest BCUT2D eigenvalue weighted by atomic mass is 9.95. The number of anilines is 2. The molecule has 3 saturated heterocycles. The molecule has 0 amide bonds. The highest BCUT2D eigenvalue weighted by molar-refractivity contribution is 7.23. The van der Waals surface area contributed by atoms with E-state index in [0.717, 1.165) is 30.7 Å². The highest BCUT2D eigenvalue weighted by Crippen LogP contribution is 2.46. The Labute approximate surface area is 278 Å². The lowest BCUT2D eigenvalue weighted by Gasteiger charge is -2.31. The summed E-state index contributed by atoms with van der Waals surface area (Å²) in [6.45, 7) is 2.24. The van der Waals surface area contributed by atoms with Crippen LogP contribution in [0.5, 0.6) is 6.01 Å². The predicted molar refractivity (Wildman–Crippen MR) is 175 cm³/mol. The molecule has 14 heteroatoms. The number of hydrogen-bond donors (Lipinski definition) is 1. The summed E-state index contributed by atoms with van der Waals surface area (Å²) >= 11 is 7.73. The van der Waals surface area contributed by atoms with Gasteiger partial charge >= 0.3 is 12.0 Å². The van der Waals surface area contributed by atoms with Crippen molar-refractivity contribution in [1.82, 2.24) is 14.9 Å². The average Bonchev–Trinajstić information content (AvgIpc) is 3.62. The molecule has 3 atom stereocenters. The number of hydrogen-bond acceptors (Lipinski definition) is 10. The Bertz CT molecular complexity index is 1950. The normalized spacial score (nSPS) is 23.2. The van der Waals surface area contributed by atoms with Gasteiger partial charge in [-0.1, -0.05) is 17.7 Å². The second kappa shape index (κ2) is 12.3. The van der Waals surface area contributed by atoms with Crippen molar-refractivity contribution in [2.75, 3.05) is 50.5 Å². The zero-order valence-electron chi connectivity index (χ0n) is 25.6. The number of alkyl halides is 1. The second-order valence-corrected chi connectivity index (χ2v) is 14.0. The standard InChI is InChI=1S/C33H32ClF3N6O3S/c1-45-31(44)17-4-2-9-42(11-7-17)30-20-12-22(34)25(19-5-6-23(36)28-24(19)21(14-38)29(39)47-28)26(37)27(20)40-32(41-30)46-16-33-8-3-10-43(33)15-18(35)13-33/h5-6,12,17-18H,2-4,7-11,13,15-16,39H2,1H3/t17-,18-,33+/m1/s1. The highest BCUT2D eigenvalue weighted by Gasteiger charge is 2.49. The molecule has 7 rings (SSSR count). The van der Waals surface area contributed by atoms with Crippen molar-refractivity contribution in [3.05, 3.63) is 40.4 Å². The summed E-state index contributed by atoms with van der Waals surface area (Å²) in [5.41, 5.74) is 5.67. The van der Waals surface area contributed by atoms with Crippen molar-refractivity contribution in [2.24, 2.45) is 5.92 Å². The first kappa shape index (κ1) is 31.7. The first-order chi connectivity index (χ1) is 22.6. The molecule has 0 unspecified atom stereocenters. The fourth-order valence-corrected chi connectivity index (χ4v) is 8.82. The Morgan fingerprint density at radius 2 is 2.06 bits per heavy atom. The molecule has 0 bridgehead atoms. The number of methoxy groups -OCH3 is 1. The van der Waals surface area contributed by atoms with Gasteiger partial charge in [0.15, 0.2) is 5.82 Å². The average molecular weight is 685 g/mol. The number of ether oxygens (including phenoxy) is 2. The zero-order chi connectivity index (χ0) is 33.0. The molecule has 47 heavy (non-hydrogen) atoms. The van der Waals surface area contributed by atoms with Crippen LogP contribution in [0.3, 0.4) is 0 Å². The third-order valence-electron chi connectivity index (χ3n) is 9.83. The van der Waals surface area contributed by atoms with Gasteiger partial charge in [-0.05, 0) is 56.3 Å². The van der Waals surface area contributed by atoms with Crippen LogP contribution in [0.25, 0.3) is 32.1 Å². The van der Waals surface area contributed by atoms with Crippen molar-refractivity contribution in [3.63, 3.8) is 0 Å². The molecule has 5 heterocycles. The molecular formula is C33H32ClF3N6O3S. The summed E-state index contributed by atoms with van der Waals surface area (Å²) in [6, 6.07) is 6.08. The summed E-state index contributed by atoms with van der Waals surface area (Å²) < 4.78 is 57.6. The monoisotopic (exact) mass is 684 g/mol. The Hall–Kier alpha value is -3.86. The fraction of sp³-hybridized carbons (Fsp3) is 0.455. The largest absolute Gasteiger partial charge is 0.469 e. The Morgan fingerprint density at radius 3 is 2.85 bits per heavy atom. The van der Waals surface area contributed by atoms with E-state index in [0.29, 0.717) is 56.5 Å². The number of nitrogens with zero attached hydrogens (tertiary/aromatic N) is 5. The van der Waals surface area contributed by atoms with Crippen molar-refractivity contribution in [1.29, 1.82) is 5.26 Å². The number of halogens is 4. The summed E-state index contributed by atoms with van der Waals surface area (Å²) in [7, 11) is 1.37. The van der Waals surface area contributed by atoms with Gasteiger partial charge in [0.05, 0.1) is 33.9 Å². The van der Waals surface area contributed by atoms with Crippen LogP contribution < -0.4 is 15.4 Å². The molecule has 2 N–H and O–H groups in total. The number of thiophene rings is 1. The van der Waals surface area contributed by atoms with Gasteiger partial charge in [0.2, 0.25) is 0 Å². The fourth-order valence-electron chi connectivity index (χ4n) is 7.58. The summed E-state index contributed by atoms with van der Waals surface area (Å²) in [5.74, 6) is -1.55. The quantitative estimate of drug-likeness (QED) is 0.223. The first-order valence-electron chi connectivity index (χ1n) is 15.6. The number of esters is 1. The molecule has 2 aromatic heterocycles. The van der Waals surface area contributed by atoms with Crippen molar-refractivity contribution in [3.8, 4) is 23.2 Å². The van der Waals surface area contributed by atoms with Crippen LogP contribution in [0.2, 0.25) is 5.02 Å². The van der Waals surface area contributed by atoms with Gasteiger partial charge in [0, 0.05) is 42.4 Å². The maximum atomic E-state index is 16.9. The van der Waals surface area contributed by atoms with Crippen LogP contribution in [-0.4, -0.2) is 72.4 Å². The van der Waals surface area contributed by atoms with Crippen LogP contribution in [0, 0.1) is 28.9 Å². The van der Waals surface area contributed by atoms with E-state index in [9.17, 15) is 18.8 Å². The van der Waals surface area contributed by atoms with Crippen molar-refractivity contribution < 1.29 is 27.4 Å². The molecule has 246 valence electrons. The van der Waals surface area contributed by atoms with Crippen LogP contribution in [-0.2, 0) is 9.53 Å². The minimum Gasteiger partial charge on any atom is -0.469 e. The maximum absolute atomic E-state index is 16.9. The van der Waals surface area contributed by atoms with E-state index in [-0.39, 0.29) is 66.8 Å². The zero-order valence-corrected chi connectivity index (χ0v) is 27.2. The molecule has 3 fully saturated rings. The summed E-state index contributed by atoms with van der Waals surface area (Å²) in [6.07, 6.45) is 2.88. The van der Waals surface area contributed by atoms with E-state index in [1.54, 1.807) is 6.07 Å². The van der Waals surface area contributed by atoms with E-state index in [4.69, 9.17) is 31.8 Å².